The van der Waals surface area contributed by atoms with E-state index < -0.39 is 0 Å². The Kier molecular flexibility index (Phi) is 4.62. The lowest BCUT2D eigenvalue weighted by Crippen LogP contribution is -2.57. The zero-order valence-electron chi connectivity index (χ0n) is 15.0. The number of para-hydroxylation sites is 2. The molecule has 0 N–H and O–H groups in total. The summed E-state index contributed by atoms with van der Waals surface area (Å²) in [5.41, 5.74) is 1.71. The standard InChI is InChI=1S/C21H20ClN3O2/c1-15-12-25(19-9-5-3-7-17(19)22)21(27)14-24(15)20(26)13-23-11-10-16-6-2-4-8-18(16)23/h2-11,15H,12-14H2,1H3. The van der Waals surface area contributed by atoms with Gasteiger partial charge in [0, 0.05) is 24.3 Å². The minimum atomic E-state index is -0.119. The van der Waals surface area contributed by atoms with Gasteiger partial charge < -0.3 is 14.4 Å². The maximum atomic E-state index is 12.9. The van der Waals surface area contributed by atoms with Crippen LogP contribution in [0.1, 0.15) is 6.92 Å². The van der Waals surface area contributed by atoms with Gasteiger partial charge in [-0.1, -0.05) is 41.9 Å². The smallest absolute Gasteiger partial charge is 0.246 e. The van der Waals surface area contributed by atoms with Crippen molar-refractivity contribution in [1.29, 1.82) is 0 Å². The van der Waals surface area contributed by atoms with Crippen LogP contribution in [-0.2, 0) is 16.1 Å². The summed E-state index contributed by atoms with van der Waals surface area (Å²) in [4.78, 5) is 28.9. The Hall–Kier alpha value is -2.79. The van der Waals surface area contributed by atoms with Gasteiger partial charge in [0.05, 0.1) is 10.7 Å². The molecule has 1 fully saturated rings. The van der Waals surface area contributed by atoms with Gasteiger partial charge in [0.15, 0.2) is 0 Å². The highest BCUT2D eigenvalue weighted by Gasteiger charge is 2.33. The molecule has 2 heterocycles. The van der Waals surface area contributed by atoms with E-state index in [1.165, 1.54) is 0 Å². The van der Waals surface area contributed by atoms with Crippen molar-refractivity contribution in [1.82, 2.24) is 9.47 Å². The van der Waals surface area contributed by atoms with E-state index in [0.29, 0.717) is 17.3 Å². The fourth-order valence-corrected chi connectivity index (χ4v) is 3.84. The lowest BCUT2D eigenvalue weighted by Gasteiger charge is -2.39. The van der Waals surface area contributed by atoms with Crippen LogP contribution in [0.5, 0.6) is 0 Å². The summed E-state index contributed by atoms with van der Waals surface area (Å²) in [6, 6.07) is 17.1. The Bertz CT molecular complexity index is 1010. The molecule has 0 spiro atoms. The Balaban J connectivity index is 1.51. The molecule has 0 aliphatic carbocycles. The Morgan fingerprint density at radius 3 is 2.67 bits per heavy atom. The van der Waals surface area contributed by atoms with Gasteiger partial charge in [-0.2, -0.15) is 0 Å². The molecule has 1 aliphatic rings. The number of rotatable bonds is 3. The van der Waals surface area contributed by atoms with Crippen LogP contribution in [0.15, 0.2) is 60.8 Å². The number of hydrogen-bond acceptors (Lipinski definition) is 2. The molecule has 0 radical (unpaired) electrons. The molecule has 1 saturated heterocycles. The van der Waals surface area contributed by atoms with Gasteiger partial charge in [-0.3, -0.25) is 9.59 Å². The second kappa shape index (κ2) is 7.08. The lowest BCUT2D eigenvalue weighted by molar-refractivity contribution is -0.139. The molecule has 0 saturated carbocycles. The van der Waals surface area contributed by atoms with Crippen LogP contribution in [0.2, 0.25) is 5.02 Å². The number of aromatic nitrogens is 1. The predicted molar refractivity (Wildman–Crippen MR) is 107 cm³/mol. The largest absolute Gasteiger partial charge is 0.338 e. The Morgan fingerprint density at radius 2 is 1.85 bits per heavy atom. The van der Waals surface area contributed by atoms with Crippen molar-refractivity contribution in [2.75, 3.05) is 18.0 Å². The number of piperazine rings is 1. The zero-order chi connectivity index (χ0) is 19.0. The molecular formula is C21H20ClN3O2. The van der Waals surface area contributed by atoms with Crippen LogP contribution in [-0.4, -0.2) is 40.4 Å². The highest BCUT2D eigenvalue weighted by molar-refractivity contribution is 6.33. The topological polar surface area (TPSA) is 45.6 Å². The molecule has 6 heteroatoms. The normalized spacial score (nSPS) is 17.6. The number of carbonyl (C=O) groups excluding carboxylic acids is 2. The van der Waals surface area contributed by atoms with E-state index in [1.807, 2.05) is 66.2 Å². The third-order valence-electron chi connectivity index (χ3n) is 5.03. The minimum Gasteiger partial charge on any atom is -0.338 e. The molecule has 1 unspecified atom stereocenters. The lowest BCUT2D eigenvalue weighted by atomic mass is 10.1. The maximum absolute atomic E-state index is 12.9. The number of halogens is 1. The molecule has 2 amide bonds. The molecule has 138 valence electrons. The average Bonchev–Trinajstić information content (AvgIpc) is 3.07. The quantitative estimate of drug-likeness (QED) is 0.696. The molecule has 5 nitrogen and oxygen atoms in total. The summed E-state index contributed by atoms with van der Waals surface area (Å²) in [6.07, 6.45) is 1.91. The summed E-state index contributed by atoms with van der Waals surface area (Å²) >= 11 is 6.24. The molecule has 4 rings (SSSR count). The fourth-order valence-electron chi connectivity index (χ4n) is 3.60. The summed E-state index contributed by atoms with van der Waals surface area (Å²) in [5, 5.41) is 1.63. The Labute approximate surface area is 162 Å². The molecule has 1 atom stereocenters. The van der Waals surface area contributed by atoms with E-state index >= 15 is 0 Å². The third kappa shape index (κ3) is 3.30. The van der Waals surface area contributed by atoms with E-state index in [9.17, 15) is 9.59 Å². The molecule has 3 aromatic rings. The van der Waals surface area contributed by atoms with Crippen LogP contribution < -0.4 is 4.90 Å². The van der Waals surface area contributed by atoms with Gasteiger partial charge in [0.25, 0.3) is 0 Å². The van der Waals surface area contributed by atoms with Gasteiger partial charge >= 0.3 is 0 Å². The van der Waals surface area contributed by atoms with E-state index in [4.69, 9.17) is 11.6 Å². The van der Waals surface area contributed by atoms with Crippen molar-refractivity contribution in [3.05, 3.63) is 65.8 Å². The summed E-state index contributed by atoms with van der Waals surface area (Å²) < 4.78 is 1.93. The summed E-state index contributed by atoms with van der Waals surface area (Å²) in [6.45, 7) is 2.67. The summed E-state index contributed by atoms with van der Waals surface area (Å²) in [7, 11) is 0. The van der Waals surface area contributed by atoms with Gasteiger partial charge in [0.1, 0.15) is 13.1 Å². The van der Waals surface area contributed by atoms with Gasteiger partial charge in [0.2, 0.25) is 11.8 Å². The number of nitrogens with zero attached hydrogens (tertiary/aromatic N) is 3. The molecule has 1 aliphatic heterocycles. The average molecular weight is 382 g/mol. The molecule has 1 aromatic heterocycles. The van der Waals surface area contributed by atoms with E-state index in [2.05, 4.69) is 0 Å². The van der Waals surface area contributed by atoms with E-state index in [-0.39, 0.29) is 30.9 Å². The highest BCUT2D eigenvalue weighted by Crippen LogP contribution is 2.28. The summed E-state index contributed by atoms with van der Waals surface area (Å²) in [5.74, 6) is -0.178. The SMILES string of the molecule is CC1CN(c2ccccc2Cl)C(=O)CN1C(=O)Cn1ccc2ccccc21. The number of anilines is 1. The van der Waals surface area contributed by atoms with Crippen LogP contribution in [0.25, 0.3) is 10.9 Å². The third-order valence-corrected chi connectivity index (χ3v) is 5.35. The predicted octanol–water partition coefficient (Wildman–Crippen LogP) is 3.56. The van der Waals surface area contributed by atoms with Gasteiger partial charge in [-0.05, 0) is 36.6 Å². The first-order valence-electron chi connectivity index (χ1n) is 8.93. The van der Waals surface area contributed by atoms with Crippen LogP contribution in [0.4, 0.5) is 5.69 Å². The second-order valence-corrected chi connectivity index (χ2v) is 7.24. The van der Waals surface area contributed by atoms with Crippen LogP contribution >= 0.6 is 11.6 Å². The van der Waals surface area contributed by atoms with Crippen molar-refractivity contribution < 1.29 is 9.59 Å². The number of carbonyl (C=O) groups is 2. The molecular weight excluding hydrogens is 362 g/mol. The monoisotopic (exact) mass is 381 g/mol. The maximum Gasteiger partial charge on any atom is 0.246 e. The highest BCUT2D eigenvalue weighted by atomic mass is 35.5. The zero-order valence-corrected chi connectivity index (χ0v) is 15.8. The second-order valence-electron chi connectivity index (χ2n) is 6.83. The number of benzene rings is 2. The first-order chi connectivity index (χ1) is 13.0. The van der Waals surface area contributed by atoms with Gasteiger partial charge in [-0.25, -0.2) is 0 Å². The molecule has 2 aromatic carbocycles. The molecule has 27 heavy (non-hydrogen) atoms. The van der Waals surface area contributed by atoms with Crippen molar-refractivity contribution >= 4 is 40.0 Å². The number of fused-ring (bicyclic) bond motifs is 1. The Morgan fingerprint density at radius 1 is 1.11 bits per heavy atom. The van der Waals surface area contributed by atoms with Crippen molar-refractivity contribution in [3.8, 4) is 0 Å². The fraction of sp³-hybridized carbons (Fsp3) is 0.238. The van der Waals surface area contributed by atoms with E-state index in [1.54, 1.807) is 15.9 Å². The molecule has 0 bridgehead atoms. The minimum absolute atomic E-state index is 0.0592. The van der Waals surface area contributed by atoms with Gasteiger partial charge in [-0.15, -0.1) is 0 Å². The van der Waals surface area contributed by atoms with Crippen molar-refractivity contribution in [3.63, 3.8) is 0 Å². The van der Waals surface area contributed by atoms with E-state index in [0.717, 1.165) is 10.9 Å². The first-order valence-corrected chi connectivity index (χ1v) is 9.30. The number of amides is 2. The first kappa shape index (κ1) is 17.6. The van der Waals surface area contributed by atoms with Crippen LogP contribution in [0.3, 0.4) is 0 Å². The van der Waals surface area contributed by atoms with Crippen molar-refractivity contribution in [2.45, 2.75) is 19.5 Å². The van der Waals surface area contributed by atoms with Crippen molar-refractivity contribution in [2.24, 2.45) is 0 Å². The van der Waals surface area contributed by atoms with Crippen LogP contribution in [0, 0.1) is 0 Å². The number of hydrogen-bond donors (Lipinski definition) is 0.